The Kier molecular flexibility index (Phi) is 2.83. The molecular formula is C9H9BrO. The van der Waals surface area contributed by atoms with Crippen LogP contribution in [0.2, 0.25) is 0 Å². The number of Topliss-reactive ketones (excluding diaryl/α,β-unsaturated/α-hetero) is 1. The first-order chi connectivity index (χ1) is 5.24. The van der Waals surface area contributed by atoms with Crippen LogP contribution in [0, 0.1) is 6.92 Å². The number of rotatable bonds is 2. The number of aryl methyl sites for hydroxylation is 1. The molecule has 2 heteroatoms. The van der Waals surface area contributed by atoms with E-state index in [9.17, 15) is 4.79 Å². The van der Waals surface area contributed by atoms with Crippen molar-refractivity contribution in [2.75, 3.05) is 5.33 Å². The maximum absolute atomic E-state index is 11.1. The Labute approximate surface area is 74.6 Å². The predicted molar refractivity (Wildman–Crippen MR) is 49.3 cm³/mol. The van der Waals surface area contributed by atoms with Crippen LogP contribution in [-0.4, -0.2) is 11.1 Å². The van der Waals surface area contributed by atoms with Crippen LogP contribution in [0.4, 0.5) is 0 Å². The molecule has 0 fully saturated rings. The molecule has 1 rings (SSSR count). The lowest BCUT2D eigenvalue weighted by molar-refractivity contribution is 0.102. The van der Waals surface area contributed by atoms with Gasteiger partial charge in [0.2, 0.25) is 0 Å². The van der Waals surface area contributed by atoms with Gasteiger partial charge in [-0.2, -0.15) is 0 Å². The molecule has 0 aliphatic carbocycles. The zero-order chi connectivity index (χ0) is 8.27. The molecule has 11 heavy (non-hydrogen) atoms. The molecule has 0 saturated heterocycles. The lowest BCUT2D eigenvalue weighted by atomic mass is 11.1. The maximum Gasteiger partial charge on any atom is 0.173 e. The fourth-order valence-electron chi connectivity index (χ4n) is 0.817. The fourth-order valence-corrected chi connectivity index (χ4v) is 1.14. The van der Waals surface area contributed by atoms with Crippen LogP contribution < -0.4 is 0 Å². The SMILES string of the molecule is [13CH3][13c]1[13cH][13cH][13c]([13C](=O)[13CH2]Br)[13cH][13cH]1. The van der Waals surface area contributed by atoms with E-state index >= 15 is 0 Å². The van der Waals surface area contributed by atoms with E-state index in [-0.39, 0.29) is 5.78 Å². The fraction of sp³-hybridized carbons (Fsp3) is 0.222. The van der Waals surface area contributed by atoms with Crippen molar-refractivity contribution in [2.45, 2.75) is 6.92 Å². The molecule has 0 heterocycles. The van der Waals surface area contributed by atoms with Crippen molar-refractivity contribution in [2.24, 2.45) is 0 Å². The minimum Gasteiger partial charge on any atom is -0.293 e. The average Bonchev–Trinajstić information content (AvgIpc) is 2.05. The summed E-state index contributed by atoms with van der Waals surface area (Å²) in [6.07, 6.45) is 0. The zero-order valence-electron chi connectivity index (χ0n) is 6.30. The highest BCUT2D eigenvalue weighted by Crippen LogP contribution is 2.04. The summed E-state index contributed by atoms with van der Waals surface area (Å²) in [7, 11) is 0. The van der Waals surface area contributed by atoms with Crippen LogP contribution in [0.15, 0.2) is 24.3 Å². The predicted octanol–water partition coefficient (Wildman–Crippen LogP) is 2.57. The molecule has 0 saturated carbocycles. The third-order valence-corrected chi connectivity index (χ3v) is 2.00. The summed E-state index contributed by atoms with van der Waals surface area (Å²) in [6.45, 7) is 2.00. The summed E-state index contributed by atoms with van der Waals surface area (Å²) in [6, 6.07) is 7.57. The highest BCUT2D eigenvalue weighted by molar-refractivity contribution is 9.09. The van der Waals surface area contributed by atoms with Gasteiger partial charge in [0.15, 0.2) is 5.78 Å². The van der Waals surface area contributed by atoms with Crippen molar-refractivity contribution in [3.05, 3.63) is 35.4 Å². The number of carbonyl (C=O) groups excluding carboxylic acids is 1. The van der Waals surface area contributed by atoms with E-state index in [1.54, 1.807) is 0 Å². The van der Waals surface area contributed by atoms with Gasteiger partial charge in [0, 0.05) is 5.56 Å². The van der Waals surface area contributed by atoms with Crippen molar-refractivity contribution in [3.8, 4) is 0 Å². The van der Waals surface area contributed by atoms with E-state index in [4.69, 9.17) is 0 Å². The zero-order valence-corrected chi connectivity index (χ0v) is 7.89. The van der Waals surface area contributed by atoms with Gasteiger partial charge in [-0.05, 0) is 6.92 Å². The molecule has 0 radical (unpaired) electrons. The molecule has 1 aromatic carbocycles. The second-order valence-electron chi connectivity index (χ2n) is 2.42. The van der Waals surface area contributed by atoms with Crippen LogP contribution in [0.3, 0.4) is 0 Å². The third kappa shape index (κ3) is 2.15. The first kappa shape index (κ1) is 8.47. The van der Waals surface area contributed by atoms with Gasteiger partial charge in [0.1, 0.15) is 0 Å². The van der Waals surface area contributed by atoms with Crippen LogP contribution in [-0.2, 0) is 0 Å². The Balaban J connectivity index is 2.90. The normalized spacial score (nSPS) is 9.64. The van der Waals surface area contributed by atoms with Gasteiger partial charge in [0.25, 0.3) is 0 Å². The molecule has 58 valence electrons. The van der Waals surface area contributed by atoms with Crippen molar-refractivity contribution in [3.63, 3.8) is 0 Å². The van der Waals surface area contributed by atoms with E-state index in [1.807, 2.05) is 31.2 Å². The molecular weight excluding hydrogens is 213 g/mol. The molecule has 1 aromatic rings. The van der Waals surface area contributed by atoms with Gasteiger partial charge in [-0.15, -0.1) is 0 Å². The standard InChI is InChI=1S/C9H9BrO/c1-7-2-4-8(5-3-7)9(11)6-10/h2-5H,6H2,1H3/i1+1,2+1,3+1,4+1,5+1,6+1,7+1,8+1,9+1. The topological polar surface area (TPSA) is 17.1 Å². The molecule has 0 amide bonds. The van der Waals surface area contributed by atoms with Gasteiger partial charge in [-0.3, -0.25) is 4.79 Å². The number of halogens is 1. The van der Waals surface area contributed by atoms with Gasteiger partial charge in [-0.25, -0.2) is 0 Å². The summed E-state index contributed by atoms with van der Waals surface area (Å²) in [5.74, 6) is 0.130. The first-order valence-electron chi connectivity index (χ1n) is 3.40. The van der Waals surface area contributed by atoms with Crippen LogP contribution in [0.25, 0.3) is 0 Å². The van der Waals surface area contributed by atoms with Crippen molar-refractivity contribution in [1.29, 1.82) is 0 Å². The number of ketones is 1. The number of hydrogen-bond acceptors (Lipinski definition) is 1. The molecule has 0 N–H and O–H groups in total. The highest BCUT2D eigenvalue weighted by Gasteiger charge is 2.00. The molecule has 0 spiro atoms. The minimum atomic E-state index is 0.130. The molecule has 0 bridgehead atoms. The molecule has 1 nitrogen and oxygen atoms in total. The summed E-state index contributed by atoms with van der Waals surface area (Å²) in [5, 5.41) is 0.399. The molecule has 0 atom stereocenters. The summed E-state index contributed by atoms with van der Waals surface area (Å²) in [5.41, 5.74) is 1.95. The Morgan fingerprint density at radius 3 is 2.36 bits per heavy atom. The lowest BCUT2D eigenvalue weighted by Gasteiger charge is -1.96. The van der Waals surface area contributed by atoms with E-state index in [0.717, 1.165) is 5.56 Å². The average molecular weight is 222 g/mol. The van der Waals surface area contributed by atoms with Gasteiger partial charge >= 0.3 is 0 Å². The van der Waals surface area contributed by atoms with Gasteiger partial charge in [-0.1, -0.05) is 45.8 Å². The monoisotopic (exact) mass is 221 g/mol. The highest BCUT2D eigenvalue weighted by atomic mass is 79.9. The molecule has 0 aromatic heterocycles. The Hall–Kier alpha value is -0.630. The van der Waals surface area contributed by atoms with Gasteiger partial charge < -0.3 is 0 Å². The first-order valence-corrected chi connectivity index (χ1v) is 4.52. The van der Waals surface area contributed by atoms with E-state index in [0.29, 0.717) is 5.33 Å². The Morgan fingerprint density at radius 2 is 1.91 bits per heavy atom. The Morgan fingerprint density at radius 1 is 1.36 bits per heavy atom. The number of hydrogen-bond donors (Lipinski definition) is 0. The largest absolute Gasteiger partial charge is 0.293 e. The second-order valence-corrected chi connectivity index (χ2v) is 2.98. The van der Waals surface area contributed by atoms with Crippen molar-refractivity contribution < 1.29 is 4.79 Å². The lowest BCUT2D eigenvalue weighted by Crippen LogP contribution is -1.98. The molecule has 0 aliphatic heterocycles. The molecule has 0 unspecified atom stereocenters. The van der Waals surface area contributed by atoms with Crippen molar-refractivity contribution in [1.82, 2.24) is 0 Å². The second kappa shape index (κ2) is 3.67. The summed E-state index contributed by atoms with van der Waals surface area (Å²) in [4.78, 5) is 11.1. The third-order valence-electron chi connectivity index (χ3n) is 1.49. The van der Waals surface area contributed by atoms with Crippen molar-refractivity contribution >= 4 is 21.7 Å². The summed E-state index contributed by atoms with van der Waals surface area (Å²) >= 11 is 3.12. The smallest absolute Gasteiger partial charge is 0.173 e. The minimum absolute atomic E-state index is 0.130. The maximum atomic E-state index is 11.1. The van der Waals surface area contributed by atoms with Crippen LogP contribution in [0.5, 0.6) is 0 Å². The Bertz CT molecular complexity index is 251. The number of alkyl halides is 1. The molecule has 0 aliphatic rings. The van der Waals surface area contributed by atoms with E-state index in [1.165, 1.54) is 5.56 Å². The van der Waals surface area contributed by atoms with Crippen LogP contribution >= 0.6 is 15.9 Å². The van der Waals surface area contributed by atoms with E-state index < -0.39 is 0 Å². The number of carbonyl (C=O) groups is 1. The van der Waals surface area contributed by atoms with Crippen LogP contribution in [0.1, 0.15) is 15.9 Å². The number of benzene rings is 1. The van der Waals surface area contributed by atoms with Gasteiger partial charge in [0.05, 0.1) is 5.33 Å². The van der Waals surface area contributed by atoms with E-state index in [2.05, 4.69) is 15.9 Å². The summed E-state index contributed by atoms with van der Waals surface area (Å²) < 4.78 is 0. The quantitative estimate of drug-likeness (QED) is 0.427.